The van der Waals surface area contributed by atoms with Crippen LogP contribution in [0.2, 0.25) is 0 Å². The molecule has 1 saturated heterocycles. The van der Waals surface area contributed by atoms with Crippen LogP contribution >= 0.6 is 11.8 Å². The molecule has 106 valence electrons. The van der Waals surface area contributed by atoms with Gasteiger partial charge in [-0.25, -0.2) is 0 Å². The second-order valence-corrected chi connectivity index (χ2v) is 6.06. The van der Waals surface area contributed by atoms with Crippen LogP contribution in [0.4, 0.5) is 0 Å². The number of nitrogens with zero attached hydrogens (tertiary/aromatic N) is 2. The first kappa shape index (κ1) is 14.4. The van der Waals surface area contributed by atoms with Crippen LogP contribution in [0.1, 0.15) is 18.4 Å². The highest BCUT2D eigenvalue weighted by atomic mass is 32.2. The van der Waals surface area contributed by atoms with Gasteiger partial charge in [0, 0.05) is 50.3 Å². The van der Waals surface area contributed by atoms with Gasteiger partial charge in [-0.1, -0.05) is 0 Å². The molecular weight excluding hydrogens is 260 g/mol. The molecule has 2 heterocycles. The zero-order valence-corrected chi connectivity index (χ0v) is 12.2. The van der Waals surface area contributed by atoms with E-state index in [2.05, 4.69) is 15.7 Å². The van der Waals surface area contributed by atoms with E-state index in [1.54, 1.807) is 4.68 Å². The molecule has 1 amide bonds. The number of carbonyl (C=O) groups is 1. The Morgan fingerprint density at radius 1 is 1.68 bits per heavy atom. The van der Waals surface area contributed by atoms with Gasteiger partial charge in [0.1, 0.15) is 0 Å². The molecule has 1 aliphatic rings. The summed E-state index contributed by atoms with van der Waals surface area (Å²) in [7, 11) is 1.92. The summed E-state index contributed by atoms with van der Waals surface area (Å²) in [6.07, 6.45) is 6.42. The summed E-state index contributed by atoms with van der Waals surface area (Å²) >= 11 is 1.92. The van der Waals surface area contributed by atoms with Crippen LogP contribution in [0, 0.1) is 0 Å². The normalized spacial score (nSPS) is 19.3. The number of amides is 1. The van der Waals surface area contributed by atoms with Gasteiger partial charge in [0.05, 0.1) is 6.20 Å². The second-order valence-electron chi connectivity index (χ2n) is 4.91. The molecule has 0 aromatic carbocycles. The number of nitrogens with one attached hydrogen (secondary N) is 2. The average molecular weight is 282 g/mol. The SMILES string of the molecule is Cn1cc(CCCNC(=O)CC2CSCCN2)cn1. The Bertz CT molecular complexity index is 401. The number of hydrogen-bond donors (Lipinski definition) is 2. The van der Waals surface area contributed by atoms with E-state index in [9.17, 15) is 4.79 Å². The third kappa shape index (κ3) is 5.24. The van der Waals surface area contributed by atoms with E-state index in [0.29, 0.717) is 12.5 Å². The van der Waals surface area contributed by atoms with Gasteiger partial charge in [0.25, 0.3) is 0 Å². The smallest absolute Gasteiger partial charge is 0.221 e. The van der Waals surface area contributed by atoms with Crippen molar-refractivity contribution in [3.05, 3.63) is 18.0 Å². The van der Waals surface area contributed by atoms with Gasteiger partial charge in [0.15, 0.2) is 0 Å². The lowest BCUT2D eigenvalue weighted by molar-refractivity contribution is -0.121. The van der Waals surface area contributed by atoms with Crippen molar-refractivity contribution in [1.29, 1.82) is 0 Å². The molecule has 0 spiro atoms. The van der Waals surface area contributed by atoms with Crippen molar-refractivity contribution in [2.45, 2.75) is 25.3 Å². The number of rotatable bonds is 6. The van der Waals surface area contributed by atoms with Gasteiger partial charge in [-0.05, 0) is 18.4 Å². The van der Waals surface area contributed by atoms with Gasteiger partial charge in [-0.15, -0.1) is 0 Å². The number of aromatic nitrogens is 2. The number of hydrogen-bond acceptors (Lipinski definition) is 4. The highest BCUT2D eigenvalue weighted by Gasteiger charge is 2.16. The summed E-state index contributed by atoms with van der Waals surface area (Å²) in [5.74, 6) is 2.36. The van der Waals surface area contributed by atoms with Crippen LogP contribution in [0.15, 0.2) is 12.4 Å². The zero-order valence-electron chi connectivity index (χ0n) is 11.4. The molecule has 1 aliphatic heterocycles. The zero-order chi connectivity index (χ0) is 13.5. The summed E-state index contributed by atoms with van der Waals surface area (Å²) in [4.78, 5) is 11.7. The Hall–Kier alpha value is -1.01. The van der Waals surface area contributed by atoms with Crippen molar-refractivity contribution in [2.24, 2.45) is 7.05 Å². The molecule has 5 nitrogen and oxygen atoms in total. The summed E-state index contributed by atoms with van der Waals surface area (Å²) in [6, 6.07) is 0.345. The largest absolute Gasteiger partial charge is 0.356 e. The molecule has 0 radical (unpaired) electrons. The molecule has 19 heavy (non-hydrogen) atoms. The van der Waals surface area contributed by atoms with Crippen molar-refractivity contribution < 1.29 is 4.79 Å². The van der Waals surface area contributed by atoms with Gasteiger partial charge in [-0.3, -0.25) is 9.48 Å². The van der Waals surface area contributed by atoms with Crippen molar-refractivity contribution in [2.75, 3.05) is 24.6 Å². The fraction of sp³-hybridized carbons (Fsp3) is 0.692. The van der Waals surface area contributed by atoms with Crippen LogP contribution < -0.4 is 10.6 Å². The number of carbonyl (C=O) groups excluding carboxylic acids is 1. The summed E-state index contributed by atoms with van der Waals surface area (Å²) < 4.78 is 1.81. The molecule has 1 aromatic rings. The van der Waals surface area contributed by atoms with Gasteiger partial charge in [-0.2, -0.15) is 16.9 Å². The lowest BCUT2D eigenvalue weighted by Gasteiger charge is -2.22. The van der Waals surface area contributed by atoms with Crippen LogP contribution in [0.25, 0.3) is 0 Å². The van der Waals surface area contributed by atoms with Crippen LogP contribution in [0.5, 0.6) is 0 Å². The maximum absolute atomic E-state index is 11.7. The fourth-order valence-electron chi connectivity index (χ4n) is 2.17. The Morgan fingerprint density at radius 2 is 2.58 bits per heavy atom. The van der Waals surface area contributed by atoms with Crippen LogP contribution in [-0.4, -0.2) is 46.3 Å². The molecule has 1 unspecified atom stereocenters. The van der Waals surface area contributed by atoms with E-state index in [1.165, 1.54) is 5.56 Å². The van der Waals surface area contributed by atoms with E-state index in [-0.39, 0.29) is 5.91 Å². The van der Waals surface area contributed by atoms with Crippen molar-refractivity contribution in [3.63, 3.8) is 0 Å². The van der Waals surface area contributed by atoms with Gasteiger partial charge in [0.2, 0.25) is 5.91 Å². The quantitative estimate of drug-likeness (QED) is 0.749. The van der Waals surface area contributed by atoms with Crippen molar-refractivity contribution in [1.82, 2.24) is 20.4 Å². The first-order valence-electron chi connectivity index (χ1n) is 6.79. The molecule has 2 N–H and O–H groups in total. The minimum Gasteiger partial charge on any atom is -0.356 e. The number of aryl methyl sites for hydroxylation is 2. The third-order valence-electron chi connectivity index (χ3n) is 3.15. The van der Waals surface area contributed by atoms with E-state index in [1.807, 2.05) is 31.2 Å². The van der Waals surface area contributed by atoms with Crippen LogP contribution in [0.3, 0.4) is 0 Å². The lowest BCUT2D eigenvalue weighted by atomic mass is 10.2. The predicted molar refractivity (Wildman–Crippen MR) is 78.3 cm³/mol. The van der Waals surface area contributed by atoms with Crippen molar-refractivity contribution >= 4 is 17.7 Å². The maximum Gasteiger partial charge on any atom is 0.221 e. The highest BCUT2D eigenvalue weighted by molar-refractivity contribution is 7.99. The fourth-order valence-corrected chi connectivity index (χ4v) is 3.12. The average Bonchev–Trinajstić information content (AvgIpc) is 2.82. The minimum absolute atomic E-state index is 0.159. The summed E-state index contributed by atoms with van der Waals surface area (Å²) in [5.41, 5.74) is 1.22. The van der Waals surface area contributed by atoms with E-state index in [4.69, 9.17) is 0 Å². The van der Waals surface area contributed by atoms with E-state index >= 15 is 0 Å². The maximum atomic E-state index is 11.7. The third-order valence-corrected chi connectivity index (χ3v) is 4.28. The molecular formula is C13H22N4OS. The monoisotopic (exact) mass is 282 g/mol. The Balaban J connectivity index is 1.56. The highest BCUT2D eigenvalue weighted by Crippen LogP contribution is 2.09. The first-order chi connectivity index (χ1) is 9.24. The molecule has 1 aromatic heterocycles. The lowest BCUT2D eigenvalue weighted by Crippen LogP contribution is -2.41. The minimum atomic E-state index is 0.159. The van der Waals surface area contributed by atoms with E-state index in [0.717, 1.165) is 37.4 Å². The molecule has 0 aliphatic carbocycles. The predicted octanol–water partition coefficient (Wildman–Crippen LogP) is 0.564. The molecule has 0 bridgehead atoms. The Labute approximate surface area is 118 Å². The first-order valence-corrected chi connectivity index (χ1v) is 7.95. The molecule has 0 saturated carbocycles. The Morgan fingerprint density at radius 3 is 3.26 bits per heavy atom. The molecule has 1 fully saturated rings. The molecule has 1 atom stereocenters. The summed E-state index contributed by atoms with van der Waals surface area (Å²) in [5, 5.41) is 10.5. The van der Waals surface area contributed by atoms with Crippen molar-refractivity contribution in [3.8, 4) is 0 Å². The van der Waals surface area contributed by atoms with Crippen LogP contribution in [-0.2, 0) is 18.3 Å². The van der Waals surface area contributed by atoms with Gasteiger partial charge < -0.3 is 10.6 Å². The molecule has 2 rings (SSSR count). The molecule has 6 heteroatoms. The number of thioether (sulfide) groups is 1. The Kier molecular flexibility index (Phi) is 5.72. The van der Waals surface area contributed by atoms with Gasteiger partial charge >= 0.3 is 0 Å². The standard InChI is InChI=1S/C13H22N4OS/c1-17-9-11(8-16-17)3-2-4-15-13(18)7-12-10-19-6-5-14-12/h8-9,12,14H,2-7,10H2,1H3,(H,15,18). The van der Waals surface area contributed by atoms with E-state index < -0.39 is 0 Å². The topological polar surface area (TPSA) is 59.0 Å². The second kappa shape index (κ2) is 7.55. The summed E-state index contributed by atoms with van der Waals surface area (Å²) in [6.45, 7) is 1.76.